The summed E-state index contributed by atoms with van der Waals surface area (Å²) in [5.41, 5.74) is 20.2. The van der Waals surface area contributed by atoms with Gasteiger partial charge in [0.15, 0.2) is 11.5 Å². The lowest BCUT2D eigenvalue weighted by Gasteiger charge is -2.38. The van der Waals surface area contributed by atoms with Crippen molar-refractivity contribution >= 4 is 28.6 Å². The second-order valence-electron chi connectivity index (χ2n) is 12.6. The monoisotopic (exact) mass is 614 g/mol. The second-order valence-corrected chi connectivity index (χ2v) is 12.6. The molecule has 7 rings (SSSR count). The normalized spacial score (nSPS) is 16.4. The van der Waals surface area contributed by atoms with Gasteiger partial charge in [-0.15, -0.1) is 0 Å². The fraction of sp³-hybridized carbons (Fsp3) is 0.351. The zero-order chi connectivity index (χ0) is 31.8. The van der Waals surface area contributed by atoms with Crippen molar-refractivity contribution in [1.29, 1.82) is 0 Å². The molecule has 0 spiro atoms. The number of pyridine rings is 2. The van der Waals surface area contributed by atoms with Crippen molar-refractivity contribution in [2.75, 3.05) is 36.8 Å². The van der Waals surface area contributed by atoms with E-state index < -0.39 is 0 Å². The van der Waals surface area contributed by atoms with Crippen LogP contribution in [0, 0.1) is 5.92 Å². The lowest BCUT2D eigenvalue weighted by atomic mass is 9.73. The molecule has 2 aromatic carbocycles. The van der Waals surface area contributed by atoms with Crippen molar-refractivity contribution in [2.24, 2.45) is 11.7 Å². The molecule has 0 radical (unpaired) electrons. The van der Waals surface area contributed by atoms with Crippen molar-refractivity contribution in [1.82, 2.24) is 24.4 Å². The Morgan fingerprint density at radius 1 is 0.935 bits per heavy atom. The third kappa shape index (κ3) is 5.38. The van der Waals surface area contributed by atoms with Gasteiger partial charge in [-0.3, -0.25) is 9.36 Å². The maximum Gasteiger partial charge on any atom is 0.225 e. The molecule has 0 unspecified atom stereocenters. The summed E-state index contributed by atoms with van der Waals surface area (Å²) in [4.78, 5) is 31.8. The molecule has 4 N–H and O–H groups in total. The molecule has 1 amide bonds. The van der Waals surface area contributed by atoms with Crippen LogP contribution in [0.1, 0.15) is 51.5 Å². The summed E-state index contributed by atoms with van der Waals surface area (Å²) in [6.45, 7) is 7.36. The fourth-order valence-corrected chi connectivity index (χ4v) is 6.98. The maximum absolute atomic E-state index is 12.9. The van der Waals surface area contributed by atoms with E-state index in [1.165, 1.54) is 0 Å². The number of carbonyl (C=O) groups is 1. The molecule has 236 valence electrons. The first-order valence-electron chi connectivity index (χ1n) is 16.5. The molecule has 9 nitrogen and oxygen atoms in total. The van der Waals surface area contributed by atoms with Crippen LogP contribution in [0.2, 0.25) is 0 Å². The van der Waals surface area contributed by atoms with Crippen LogP contribution in [0.15, 0.2) is 79.0 Å². The number of amides is 1. The van der Waals surface area contributed by atoms with Gasteiger partial charge in [0.2, 0.25) is 5.91 Å². The van der Waals surface area contributed by atoms with Crippen molar-refractivity contribution in [2.45, 2.75) is 51.5 Å². The van der Waals surface area contributed by atoms with Crippen molar-refractivity contribution in [3.63, 3.8) is 0 Å². The van der Waals surface area contributed by atoms with Gasteiger partial charge < -0.3 is 21.3 Å². The number of anilines is 2. The van der Waals surface area contributed by atoms with Gasteiger partial charge in [0.05, 0.1) is 11.3 Å². The van der Waals surface area contributed by atoms with E-state index in [-0.39, 0.29) is 11.5 Å². The molecule has 1 aliphatic heterocycles. The zero-order valence-corrected chi connectivity index (χ0v) is 26.7. The average molecular weight is 615 g/mol. The van der Waals surface area contributed by atoms with E-state index in [0.29, 0.717) is 17.5 Å². The fourth-order valence-electron chi connectivity index (χ4n) is 6.98. The lowest BCUT2D eigenvalue weighted by Crippen LogP contribution is -2.43. The molecule has 1 aliphatic carbocycles. The molecule has 9 heteroatoms. The Morgan fingerprint density at radius 2 is 1.70 bits per heavy atom. The quantitative estimate of drug-likeness (QED) is 0.215. The molecule has 5 aromatic rings. The summed E-state index contributed by atoms with van der Waals surface area (Å²) in [5.74, 6) is 1.51. The van der Waals surface area contributed by atoms with Crippen LogP contribution in [-0.2, 0) is 10.3 Å². The van der Waals surface area contributed by atoms with E-state index in [2.05, 4.69) is 76.8 Å². The number of fused-ring (bicyclic) bond motifs is 1. The first-order valence-corrected chi connectivity index (χ1v) is 16.5. The van der Waals surface area contributed by atoms with Crippen molar-refractivity contribution in [3.8, 4) is 28.3 Å². The van der Waals surface area contributed by atoms with Crippen molar-refractivity contribution in [3.05, 3.63) is 84.6 Å². The molecule has 2 aliphatic rings. The number of imidazole rings is 1. The van der Waals surface area contributed by atoms with Crippen LogP contribution in [0.3, 0.4) is 0 Å². The van der Waals surface area contributed by atoms with Crippen molar-refractivity contribution < 1.29 is 4.79 Å². The Morgan fingerprint density at radius 3 is 2.37 bits per heavy atom. The minimum absolute atomic E-state index is 0.102. The van der Waals surface area contributed by atoms with Gasteiger partial charge in [-0.2, -0.15) is 0 Å². The number of benzene rings is 2. The topological polar surface area (TPSA) is 119 Å². The predicted molar refractivity (Wildman–Crippen MR) is 185 cm³/mol. The zero-order valence-electron chi connectivity index (χ0n) is 26.7. The Labute approximate surface area is 270 Å². The first kappa shape index (κ1) is 29.9. The molecule has 46 heavy (non-hydrogen) atoms. The van der Waals surface area contributed by atoms with Gasteiger partial charge in [-0.1, -0.05) is 24.3 Å². The third-order valence-corrected chi connectivity index (χ3v) is 9.96. The summed E-state index contributed by atoms with van der Waals surface area (Å²) in [6, 6.07) is 24.9. The molecule has 1 saturated heterocycles. The minimum atomic E-state index is -0.237. The summed E-state index contributed by atoms with van der Waals surface area (Å²) < 4.78 is 2.07. The van der Waals surface area contributed by atoms with E-state index in [4.69, 9.17) is 21.4 Å². The third-order valence-electron chi connectivity index (χ3n) is 9.96. The molecular formula is C37H42N8O. The molecular weight excluding hydrogens is 572 g/mol. The molecule has 0 bridgehead atoms. The number of hydrogen-bond acceptors (Lipinski definition) is 7. The molecule has 3 aromatic heterocycles. The number of piperidine rings is 1. The number of nitrogens with two attached hydrogens (primary N) is 2. The number of nitrogen functional groups attached to an aromatic ring is 1. The summed E-state index contributed by atoms with van der Waals surface area (Å²) in [5, 5.41) is 0. The summed E-state index contributed by atoms with van der Waals surface area (Å²) >= 11 is 0. The minimum Gasteiger partial charge on any atom is -0.383 e. The van der Waals surface area contributed by atoms with Gasteiger partial charge in [0.25, 0.3) is 0 Å². The molecule has 0 atom stereocenters. The van der Waals surface area contributed by atoms with Gasteiger partial charge >= 0.3 is 0 Å². The smallest absolute Gasteiger partial charge is 0.225 e. The second kappa shape index (κ2) is 12.2. The van der Waals surface area contributed by atoms with Crippen LogP contribution in [0.25, 0.3) is 39.5 Å². The molecule has 2 fully saturated rings. The van der Waals surface area contributed by atoms with E-state index in [1.807, 2.05) is 29.2 Å². The van der Waals surface area contributed by atoms with E-state index in [0.717, 1.165) is 103 Å². The van der Waals surface area contributed by atoms with Crippen LogP contribution >= 0.6 is 0 Å². The van der Waals surface area contributed by atoms with E-state index >= 15 is 0 Å². The standard InChI is InChI=1S/C37H42N8O/c1-3-43(4-2)36(46)25-17-22-44(23-18-25)29-9-5-8-26(24-29)31-15-16-32-35(41-31)45(34(42-32)30-10-6-21-40-33(30)38)28-13-11-27(12-14-28)37(39)19-7-20-37/h5-6,8-16,21,24-25H,3-4,7,17-20,22-23,39H2,1-2H3,(H2,38,40). The van der Waals surface area contributed by atoms with Gasteiger partial charge in [0, 0.05) is 60.8 Å². The highest BCUT2D eigenvalue weighted by atomic mass is 16.2. The van der Waals surface area contributed by atoms with Gasteiger partial charge in [-0.05, 0) is 100 Å². The van der Waals surface area contributed by atoms with E-state index in [1.54, 1.807) is 6.20 Å². The SMILES string of the molecule is CCN(CC)C(=O)C1CCN(c2cccc(-c3ccc4nc(-c5cccnc5N)n(-c5ccc(C6(N)CCC6)cc5)c4n3)c2)CC1. The number of nitrogens with zero attached hydrogens (tertiary/aromatic N) is 6. The number of rotatable bonds is 8. The van der Waals surface area contributed by atoms with Gasteiger partial charge in [0.1, 0.15) is 11.3 Å². The average Bonchev–Trinajstić information content (AvgIpc) is 3.46. The van der Waals surface area contributed by atoms with Crippen LogP contribution in [0.4, 0.5) is 11.5 Å². The Bertz CT molecular complexity index is 1860. The lowest BCUT2D eigenvalue weighted by molar-refractivity contribution is -0.135. The van der Waals surface area contributed by atoms with Crippen LogP contribution in [-0.4, -0.2) is 56.5 Å². The number of aromatic nitrogens is 4. The largest absolute Gasteiger partial charge is 0.383 e. The summed E-state index contributed by atoms with van der Waals surface area (Å²) in [7, 11) is 0. The Balaban J connectivity index is 1.23. The highest BCUT2D eigenvalue weighted by Gasteiger charge is 2.34. The van der Waals surface area contributed by atoms with Crippen LogP contribution < -0.4 is 16.4 Å². The molecule has 4 heterocycles. The Kier molecular flexibility index (Phi) is 7.94. The number of hydrogen-bond donors (Lipinski definition) is 2. The Hall–Kier alpha value is -4.76. The van der Waals surface area contributed by atoms with Gasteiger partial charge in [-0.25, -0.2) is 15.0 Å². The van der Waals surface area contributed by atoms with E-state index in [9.17, 15) is 4.79 Å². The first-order chi connectivity index (χ1) is 22.4. The predicted octanol–water partition coefficient (Wildman–Crippen LogP) is 6.15. The molecule has 1 saturated carbocycles. The highest BCUT2D eigenvalue weighted by molar-refractivity contribution is 5.85. The highest BCUT2D eigenvalue weighted by Crippen LogP contribution is 2.39. The van der Waals surface area contributed by atoms with Crippen LogP contribution in [0.5, 0.6) is 0 Å². The number of carbonyl (C=O) groups excluding carboxylic acids is 1. The summed E-state index contributed by atoms with van der Waals surface area (Å²) in [6.07, 6.45) is 6.61. The maximum atomic E-state index is 12.9.